The fourth-order valence-electron chi connectivity index (χ4n) is 4.09. The van der Waals surface area contributed by atoms with E-state index in [1.165, 1.54) is 9.87 Å². The molecule has 3 aromatic carbocycles. The molecule has 1 amide bonds. The van der Waals surface area contributed by atoms with Gasteiger partial charge in [-0.15, -0.1) is 0 Å². The number of sulfonamides is 1. The number of fused-ring (bicyclic) bond motifs is 1. The van der Waals surface area contributed by atoms with Gasteiger partial charge in [-0.1, -0.05) is 30.3 Å². The van der Waals surface area contributed by atoms with E-state index in [-0.39, 0.29) is 10.8 Å². The van der Waals surface area contributed by atoms with Crippen molar-refractivity contribution < 1.29 is 17.9 Å². The molecule has 0 unspecified atom stereocenters. The summed E-state index contributed by atoms with van der Waals surface area (Å²) in [6.07, 6.45) is 3.55. The zero-order valence-corrected chi connectivity index (χ0v) is 19.5. The molecule has 1 aliphatic heterocycles. The molecular formula is C26H28N2O4S. The number of rotatable bonds is 8. The third kappa shape index (κ3) is 5.37. The van der Waals surface area contributed by atoms with Crippen molar-refractivity contribution in [3.05, 3.63) is 83.9 Å². The third-order valence-electron chi connectivity index (χ3n) is 5.80. The van der Waals surface area contributed by atoms with Gasteiger partial charge in [-0.2, -0.15) is 0 Å². The van der Waals surface area contributed by atoms with Crippen molar-refractivity contribution in [3.8, 4) is 5.75 Å². The Hall–Kier alpha value is -3.32. The van der Waals surface area contributed by atoms with E-state index in [9.17, 15) is 13.2 Å². The largest absolute Gasteiger partial charge is 0.497 e. The summed E-state index contributed by atoms with van der Waals surface area (Å²) in [5, 5.41) is 2.96. The lowest BCUT2D eigenvalue weighted by atomic mass is 10.0. The van der Waals surface area contributed by atoms with Gasteiger partial charge in [0, 0.05) is 18.7 Å². The van der Waals surface area contributed by atoms with Crippen molar-refractivity contribution in [2.24, 2.45) is 0 Å². The quantitative estimate of drug-likeness (QED) is 0.520. The van der Waals surface area contributed by atoms with Crippen LogP contribution in [0.1, 0.15) is 30.4 Å². The molecule has 1 heterocycles. The van der Waals surface area contributed by atoms with Crippen LogP contribution in [0.5, 0.6) is 5.75 Å². The first-order chi connectivity index (χ1) is 16.0. The molecule has 0 aromatic heterocycles. The number of carbonyl (C=O) groups excluding carboxylic acids is 1. The number of benzene rings is 3. The number of aryl methyl sites for hydroxylation is 2. The first-order valence-electron chi connectivity index (χ1n) is 11.1. The molecule has 1 N–H and O–H groups in total. The number of methoxy groups -OCH3 is 1. The molecular weight excluding hydrogens is 436 g/mol. The van der Waals surface area contributed by atoms with Crippen molar-refractivity contribution in [1.82, 2.24) is 0 Å². The summed E-state index contributed by atoms with van der Waals surface area (Å²) in [6, 6.07) is 22.0. The Morgan fingerprint density at radius 2 is 1.79 bits per heavy atom. The van der Waals surface area contributed by atoms with E-state index in [0.717, 1.165) is 31.2 Å². The van der Waals surface area contributed by atoms with Crippen LogP contribution >= 0.6 is 0 Å². The summed E-state index contributed by atoms with van der Waals surface area (Å²) in [4.78, 5) is 12.6. The molecule has 172 valence electrons. The summed E-state index contributed by atoms with van der Waals surface area (Å²) >= 11 is 0. The Morgan fingerprint density at radius 3 is 2.52 bits per heavy atom. The molecule has 7 heteroatoms. The zero-order chi connectivity index (χ0) is 23.3. The fourth-order valence-corrected chi connectivity index (χ4v) is 5.63. The highest BCUT2D eigenvalue weighted by Gasteiger charge is 2.29. The van der Waals surface area contributed by atoms with Crippen LogP contribution in [0.3, 0.4) is 0 Å². The maximum Gasteiger partial charge on any atom is 0.264 e. The van der Waals surface area contributed by atoms with Crippen LogP contribution in [0.15, 0.2) is 77.7 Å². The predicted molar refractivity (Wildman–Crippen MR) is 130 cm³/mol. The Bertz CT molecular complexity index is 1210. The van der Waals surface area contributed by atoms with Gasteiger partial charge in [0.25, 0.3) is 10.0 Å². The lowest BCUT2D eigenvalue weighted by Crippen LogP contribution is -2.35. The summed E-state index contributed by atoms with van der Waals surface area (Å²) in [6.45, 7) is 0.423. The lowest BCUT2D eigenvalue weighted by Gasteiger charge is -2.31. The maximum absolute atomic E-state index is 13.3. The molecule has 0 radical (unpaired) electrons. The third-order valence-corrected chi connectivity index (χ3v) is 7.63. The highest BCUT2D eigenvalue weighted by molar-refractivity contribution is 7.92. The van der Waals surface area contributed by atoms with E-state index < -0.39 is 10.0 Å². The van der Waals surface area contributed by atoms with Crippen LogP contribution in [0.4, 0.5) is 11.4 Å². The molecule has 4 rings (SSSR count). The van der Waals surface area contributed by atoms with Gasteiger partial charge >= 0.3 is 0 Å². The topological polar surface area (TPSA) is 75.7 Å². The van der Waals surface area contributed by atoms with Gasteiger partial charge < -0.3 is 10.1 Å². The van der Waals surface area contributed by atoms with E-state index >= 15 is 0 Å². The number of amides is 1. The molecule has 6 nitrogen and oxygen atoms in total. The minimum Gasteiger partial charge on any atom is -0.497 e. The maximum atomic E-state index is 13.3. The minimum atomic E-state index is -3.68. The van der Waals surface area contributed by atoms with Gasteiger partial charge in [0.1, 0.15) is 5.75 Å². The van der Waals surface area contributed by atoms with Crippen LogP contribution < -0.4 is 14.4 Å². The average Bonchev–Trinajstić information content (AvgIpc) is 2.84. The average molecular weight is 465 g/mol. The van der Waals surface area contributed by atoms with Crippen LogP contribution in [-0.4, -0.2) is 28.0 Å². The monoisotopic (exact) mass is 464 g/mol. The van der Waals surface area contributed by atoms with E-state index in [1.807, 2.05) is 24.3 Å². The summed E-state index contributed by atoms with van der Waals surface area (Å²) < 4.78 is 33.1. The second-order valence-electron chi connectivity index (χ2n) is 8.09. The van der Waals surface area contributed by atoms with Crippen molar-refractivity contribution in [2.45, 2.75) is 37.0 Å². The number of nitrogens with zero attached hydrogens (tertiary/aromatic N) is 1. The minimum absolute atomic E-state index is 0.0376. The standard InChI is InChI=1S/C26H28N2O4S/c1-32-23-13-15-24(16-14-23)33(30,31)28-18-6-10-21-19-22(12-17-25(21)28)27-26(29)11-5-9-20-7-3-2-4-8-20/h2-4,7-8,12-17,19H,5-6,9-11,18H2,1H3,(H,27,29). The first-order valence-corrected chi connectivity index (χ1v) is 12.5. The highest BCUT2D eigenvalue weighted by atomic mass is 32.2. The normalized spacial score (nSPS) is 13.3. The van der Waals surface area contributed by atoms with E-state index in [2.05, 4.69) is 17.4 Å². The van der Waals surface area contributed by atoms with E-state index in [0.29, 0.717) is 30.1 Å². The number of ether oxygens (including phenoxy) is 1. The Balaban J connectivity index is 1.43. The Kier molecular flexibility index (Phi) is 6.99. The van der Waals surface area contributed by atoms with E-state index in [1.54, 1.807) is 43.5 Å². The van der Waals surface area contributed by atoms with Crippen LogP contribution in [0.25, 0.3) is 0 Å². The summed E-state index contributed by atoms with van der Waals surface area (Å²) in [5.74, 6) is 0.571. The smallest absolute Gasteiger partial charge is 0.264 e. The van der Waals surface area contributed by atoms with Gasteiger partial charge in [-0.25, -0.2) is 8.42 Å². The first kappa shape index (κ1) is 22.9. The van der Waals surface area contributed by atoms with Crippen molar-refractivity contribution >= 4 is 27.3 Å². The highest BCUT2D eigenvalue weighted by Crippen LogP contribution is 2.34. The Morgan fingerprint density at radius 1 is 1.03 bits per heavy atom. The van der Waals surface area contributed by atoms with E-state index in [4.69, 9.17) is 4.74 Å². The molecule has 0 saturated carbocycles. The zero-order valence-electron chi connectivity index (χ0n) is 18.7. The number of hydrogen-bond acceptors (Lipinski definition) is 4. The molecule has 0 saturated heterocycles. The predicted octanol–water partition coefficient (Wildman–Crippen LogP) is 4.80. The SMILES string of the molecule is COc1ccc(S(=O)(=O)N2CCCc3cc(NC(=O)CCCc4ccccc4)ccc32)cc1. The molecule has 0 fully saturated rings. The summed E-state index contributed by atoms with van der Waals surface area (Å²) in [5.41, 5.74) is 3.50. The van der Waals surface area contributed by atoms with Gasteiger partial charge in [-0.05, 0) is 79.3 Å². The number of anilines is 2. The molecule has 1 aliphatic rings. The van der Waals surface area contributed by atoms with Gasteiger partial charge in [-0.3, -0.25) is 9.10 Å². The molecule has 0 bridgehead atoms. The van der Waals surface area contributed by atoms with Gasteiger partial charge in [0.05, 0.1) is 17.7 Å². The van der Waals surface area contributed by atoms with Crippen LogP contribution in [-0.2, 0) is 27.7 Å². The number of hydrogen-bond donors (Lipinski definition) is 1. The van der Waals surface area contributed by atoms with Gasteiger partial charge in [0.2, 0.25) is 5.91 Å². The fraction of sp³-hybridized carbons (Fsp3) is 0.269. The molecule has 0 aliphatic carbocycles. The second kappa shape index (κ2) is 10.1. The summed E-state index contributed by atoms with van der Waals surface area (Å²) in [7, 11) is -2.14. The van der Waals surface area contributed by atoms with Crippen LogP contribution in [0, 0.1) is 0 Å². The molecule has 0 spiro atoms. The molecule has 3 aromatic rings. The molecule has 0 atom stereocenters. The van der Waals surface area contributed by atoms with Crippen molar-refractivity contribution in [3.63, 3.8) is 0 Å². The Labute approximate surface area is 195 Å². The number of nitrogens with one attached hydrogen (secondary N) is 1. The molecule has 33 heavy (non-hydrogen) atoms. The van der Waals surface area contributed by atoms with Crippen molar-refractivity contribution in [1.29, 1.82) is 0 Å². The van der Waals surface area contributed by atoms with Crippen molar-refractivity contribution in [2.75, 3.05) is 23.3 Å². The number of carbonyl (C=O) groups is 1. The lowest BCUT2D eigenvalue weighted by molar-refractivity contribution is -0.116. The second-order valence-corrected chi connectivity index (χ2v) is 9.95. The van der Waals surface area contributed by atoms with Gasteiger partial charge in [0.15, 0.2) is 0 Å². The van der Waals surface area contributed by atoms with Crippen LogP contribution in [0.2, 0.25) is 0 Å².